The molecule has 1 saturated carbocycles. The molecule has 17 heavy (non-hydrogen) atoms. The number of aromatic nitrogens is 1. The number of carbonyl (C=O) groups excluding carboxylic acids is 1. The topological polar surface area (TPSA) is 85.2 Å². The van der Waals surface area contributed by atoms with Gasteiger partial charge in [0, 0.05) is 12.6 Å². The van der Waals surface area contributed by atoms with Gasteiger partial charge in [-0.05, 0) is 30.8 Å². The Morgan fingerprint density at radius 2 is 2.29 bits per heavy atom. The average molecular weight is 254 g/mol. The molecule has 6 heteroatoms. The average Bonchev–Trinajstić information content (AvgIpc) is 3.03. The van der Waals surface area contributed by atoms with Crippen LogP contribution in [0.1, 0.15) is 43.0 Å². The third-order valence-electron chi connectivity index (χ3n) is 2.95. The van der Waals surface area contributed by atoms with Crippen molar-refractivity contribution in [1.82, 2.24) is 4.37 Å². The minimum absolute atomic E-state index is 0.264. The highest BCUT2D eigenvalue weighted by atomic mass is 32.1. The van der Waals surface area contributed by atoms with Gasteiger partial charge in [0.05, 0.1) is 0 Å². The fourth-order valence-corrected chi connectivity index (χ4v) is 2.80. The zero-order valence-corrected chi connectivity index (χ0v) is 10.8. The van der Waals surface area contributed by atoms with Gasteiger partial charge in [-0.3, -0.25) is 4.79 Å². The highest BCUT2D eigenvalue weighted by molar-refractivity contribution is 7.11. The number of nitrogens with two attached hydrogens (primary N) is 2. The molecule has 1 aliphatic carbocycles. The minimum Gasteiger partial charge on any atom is -0.382 e. The van der Waals surface area contributed by atoms with Crippen LogP contribution in [-0.4, -0.2) is 22.9 Å². The molecule has 0 unspecified atom stereocenters. The van der Waals surface area contributed by atoms with Crippen LogP contribution >= 0.6 is 11.5 Å². The number of nitrogens with zero attached hydrogens (tertiary/aromatic N) is 2. The monoisotopic (exact) mass is 254 g/mol. The Balaban J connectivity index is 2.25. The number of hydrogen-bond donors (Lipinski definition) is 2. The molecular formula is C11H18N4OS. The van der Waals surface area contributed by atoms with E-state index in [0.29, 0.717) is 11.6 Å². The summed E-state index contributed by atoms with van der Waals surface area (Å²) >= 11 is 1.28. The lowest BCUT2D eigenvalue weighted by atomic mass is 10.2. The molecule has 1 heterocycles. The second-order valence-corrected chi connectivity index (χ2v) is 5.14. The van der Waals surface area contributed by atoms with Crippen molar-refractivity contribution in [1.29, 1.82) is 0 Å². The number of rotatable bonds is 6. The molecule has 0 atom stereocenters. The molecule has 0 bridgehead atoms. The van der Waals surface area contributed by atoms with E-state index in [1.165, 1.54) is 24.4 Å². The molecule has 0 saturated heterocycles. The molecule has 1 fully saturated rings. The van der Waals surface area contributed by atoms with Gasteiger partial charge in [0.25, 0.3) is 5.91 Å². The molecule has 2 rings (SSSR count). The Morgan fingerprint density at radius 1 is 1.59 bits per heavy atom. The molecule has 1 aromatic rings. The molecule has 0 radical (unpaired) electrons. The van der Waals surface area contributed by atoms with Crippen LogP contribution in [0.25, 0.3) is 0 Å². The Hall–Kier alpha value is -1.30. The second-order valence-electron chi connectivity index (χ2n) is 4.39. The van der Waals surface area contributed by atoms with Crippen molar-refractivity contribution in [2.45, 2.75) is 38.6 Å². The fourth-order valence-electron chi connectivity index (χ4n) is 1.89. The lowest BCUT2D eigenvalue weighted by Crippen LogP contribution is -2.28. The van der Waals surface area contributed by atoms with E-state index in [0.717, 1.165) is 24.4 Å². The second kappa shape index (κ2) is 4.91. The van der Waals surface area contributed by atoms with Gasteiger partial charge >= 0.3 is 0 Å². The Kier molecular flexibility index (Phi) is 3.51. The van der Waals surface area contributed by atoms with Crippen molar-refractivity contribution in [3.05, 3.63) is 5.56 Å². The zero-order valence-electron chi connectivity index (χ0n) is 9.98. The van der Waals surface area contributed by atoms with E-state index < -0.39 is 5.91 Å². The van der Waals surface area contributed by atoms with E-state index in [2.05, 4.69) is 16.2 Å². The van der Waals surface area contributed by atoms with Crippen molar-refractivity contribution in [3.8, 4) is 0 Å². The van der Waals surface area contributed by atoms with Crippen LogP contribution < -0.4 is 16.4 Å². The summed E-state index contributed by atoms with van der Waals surface area (Å²) in [7, 11) is 0. The molecule has 1 amide bonds. The number of unbranched alkanes of at least 4 members (excludes halogenated alkanes) is 1. The highest BCUT2D eigenvalue weighted by Gasteiger charge is 2.33. The number of nitrogen functional groups attached to an aromatic ring is 1. The summed E-state index contributed by atoms with van der Waals surface area (Å²) in [6.45, 7) is 3.10. The summed E-state index contributed by atoms with van der Waals surface area (Å²) in [6, 6.07) is 0.541. The maximum atomic E-state index is 11.4. The molecule has 1 aromatic heterocycles. The Morgan fingerprint density at radius 3 is 2.82 bits per heavy atom. The van der Waals surface area contributed by atoms with Gasteiger partial charge < -0.3 is 16.4 Å². The molecule has 5 nitrogen and oxygen atoms in total. The molecule has 0 aliphatic heterocycles. The molecule has 0 aromatic carbocycles. The number of amides is 1. The molecular weight excluding hydrogens is 236 g/mol. The van der Waals surface area contributed by atoms with E-state index in [1.807, 2.05) is 0 Å². The van der Waals surface area contributed by atoms with Crippen LogP contribution in [-0.2, 0) is 0 Å². The van der Waals surface area contributed by atoms with Crippen LogP contribution in [0.4, 0.5) is 10.8 Å². The third-order valence-corrected chi connectivity index (χ3v) is 3.85. The van der Waals surface area contributed by atoms with Crippen LogP contribution in [0.15, 0.2) is 0 Å². The predicted molar refractivity (Wildman–Crippen MR) is 70.3 cm³/mol. The van der Waals surface area contributed by atoms with E-state index in [4.69, 9.17) is 11.5 Å². The lowest BCUT2D eigenvalue weighted by molar-refractivity contribution is 0.100. The number of primary amides is 1. The molecule has 4 N–H and O–H groups in total. The van der Waals surface area contributed by atoms with Gasteiger partial charge in [0.15, 0.2) is 5.82 Å². The van der Waals surface area contributed by atoms with Crippen molar-refractivity contribution < 1.29 is 4.79 Å². The number of anilines is 2. The summed E-state index contributed by atoms with van der Waals surface area (Å²) in [4.78, 5) is 13.7. The van der Waals surface area contributed by atoms with Gasteiger partial charge in [-0.15, -0.1) is 0 Å². The van der Waals surface area contributed by atoms with Crippen molar-refractivity contribution in [3.63, 3.8) is 0 Å². The van der Waals surface area contributed by atoms with Crippen LogP contribution in [0.5, 0.6) is 0 Å². The normalized spacial score (nSPS) is 14.9. The quantitative estimate of drug-likeness (QED) is 0.807. The molecule has 0 spiro atoms. The summed E-state index contributed by atoms with van der Waals surface area (Å²) < 4.78 is 4.05. The summed E-state index contributed by atoms with van der Waals surface area (Å²) in [5.74, 6) is -0.215. The number of hydrogen-bond acceptors (Lipinski definition) is 5. The minimum atomic E-state index is -0.478. The summed E-state index contributed by atoms with van der Waals surface area (Å²) in [6.07, 6.45) is 4.59. The Labute approximate surface area is 105 Å². The first-order valence-corrected chi connectivity index (χ1v) is 6.74. The summed E-state index contributed by atoms with van der Waals surface area (Å²) in [5.41, 5.74) is 11.5. The maximum absolute atomic E-state index is 11.4. The van der Waals surface area contributed by atoms with Crippen LogP contribution in [0.3, 0.4) is 0 Å². The third kappa shape index (κ3) is 2.52. The van der Waals surface area contributed by atoms with E-state index >= 15 is 0 Å². The fraction of sp³-hybridized carbons (Fsp3) is 0.636. The maximum Gasteiger partial charge on any atom is 0.255 e. The first-order chi connectivity index (χ1) is 8.15. The van der Waals surface area contributed by atoms with Gasteiger partial charge in [0.2, 0.25) is 0 Å². The van der Waals surface area contributed by atoms with Gasteiger partial charge in [-0.1, -0.05) is 13.3 Å². The zero-order chi connectivity index (χ0) is 12.4. The smallest absolute Gasteiger partial charge is 0.255 e. The van der Waals surface area contributed by atoms with Gasteiger partial charge in [0.1, 0.15) is 10.6 Å². The van der Waals surface area contributed by atoms with E-state index in [9.17, 15) is 4.79 Å². The van der Waals surface area contributed by atoms with Gasteiger partial charge in [-0.25, -0.2) is 0 Å². The molecule has 94 valence electrons. The van der Waals surface area contributed by atoms with Crippen molar-refractivity contribution in [2.75, 3.05) is 17.2 Å². The summed E-state index contributed by atoms with van der Waals surface area (Å²) in [5, 5.41) is 0.853. The molecule has 1 aliphatic rings. The van der Waals surface area contributed by atoms with Gasteiger partial charge in [-0.2, -0.15) is 4.37 Å². The van der Waals surface area contributed by atoms with E-state index in [1.54, 1.807) is 0 Å². The largest absolute Gasteiger partial charge is 0.382 e. The first-order valence-electron chi connectivity index (χ1n) is 5.96. The van der Waals surface area contributed by atoms with Crippen molar-refractivity contribution in [2.24, 2.45) is 5.73 Å². The standard InChI is InChI=1S/C11H18N4OS/c1-2-3-6-15(7-4-5-7)11-8(10(13)16)9(12)14-17-11/h7H,2-6H2,1H3,(H2,12,14)(H2,13,16). The van der Waals surface area contributed by atoms with Crippen molar-refractivity contribution >= 4 is 28.3 Å². The lowest BCUT2D eigenvalue weighted by Gasteiger charge is -2.23. The Bertz CT molecular complexity index is 414. The number of carbonyl (C=O) groups is 1. The van der Waals surface area contributed by atoms with Crippen LogP contribution in [0, 0.1) is 0 Å². The van der Waals surface area contributed by atoms with Crippen LogP contribution in [0.2, 0.25) is 0 Å². The first kappa shape index (κ1) is 12.2. The SMILES string of the molecule is CCCCN(c1snc(N)c1C(N)=O)C1CC1. The predicted octanol–water partition coefficient (Wildman–Crippen LogP) is 1.59. The van der Waals surface area contributed by atoms with E-state index in [-0.39, 0.29) is 5.82 Å². The highest BCUT2D eigenvalue weighted by Crippen LogP contribution is 2.38.